The predicted octanol–water partition coefficient (Wildman–Crippen LogP) is 2.73. The van der Waals surface area contributed by atoms with E-state index in [0.29, 0.717) is 13.1 Å². The van der Waals surface area contributed by atoms with Crippen LogP contribution in [0.15, 0.2) is 62.8 Å². The number of nitrogens with zero attached hydrogens (tertiary/aromatic N) is 1. The Bertz CT molecular complexity index is 556. The molecule has 0 atom stereocenters. The molecule has 0 spiro atoms. The van der Waals surface area contributed by atoms with Gasteiger partial charge in [-0.05, 0) is 31.2 Å². The van der Waals surface area contributed by atoms with E-state index in [1.807, 2.05) is 31.2 Å². The Labute approximate surface area is 124 Å². The first-order valence-electron chi connectivity index (χ1n) is 6.95. The van der Waals surface area contributed by atoms with E-state index in [1.54, 1.807) is 12.5 Å². The second-order valence-corrected chi connectivity index (χ2v) is 4.81. The second kappa shape index (κ2) is 7.99. The van der Waals surface area contributed by atoms with Gasteiger partial charge in [0.25, 0.3) is 0 Å². The lowest BCUT2D eigenvalue weighted by Gasteiger charge is -2.11. The molecule has 0 fully saturated rings. The van der Waals surface area contributed by atoms with E-state index in [9.17, 15) is 0 Å². The fourth-order valence-electron chi connectivity index (χ4n) is 1.73. The van der Waals surface area contributed by atoms with E-state index >= 15 is 0 Å². The highest BCUT2D eigenvalue weighted by molar-refractivity contribution is 5.80. The molecule has 0 aliphatic rings. The Morgan fingerprint density at radius 2 is 1.86 bits per heavy atom. The molecule has 2 aromatic heterocycles. The largest absolute Gasteiger partial charge is 0.469 e. The maximum atomic E-state index is 5.30. The summed E-state index contributed by atoms with van der Waals surface area (Å²) in [5.41, 5.74) is 1.05. The van der Waals surface area contributed by atoms with Crippen molar-refractivity contribution in [3.63, 3.8) is 0 Å². The fraction of sp³-hybridized carbons (Fsp3) is 0.312. The number of hydrogen-bond acceptors (Lipinski definition) is 3. The minimum atomic E-state index is 0.499. The zero-order chi connectivity index (χ0) is 14.9. The molecule has 0 radical (unpaired) electrons. The molecule has 0 saturated heterocycles. The summed E-state index contributed by atoms with van der Waals surface area (Å²) in [6, 6.07) is 7.61. The van der Waals surface area contributed by atoms with Crippen LogP contribution in [-0.4, -0.2) is 19.0 Å². The lowest BCUT2D eigenvalue weighted by atomic mass is 10.3. The van der Waals surface area contributed by atoms with E-state index < -0.39 is 0 Å². The Morgan fingerprint density at radius 1 is 1.14 bits per heavy atom. The minimum absolute atomic E-state index is 0.499. The Kier molecular flexibility index (Phi) is 5.70. The number of guanidine groups is 1. The number of aliphatic imine (C=N–C) groups is 1. The maximum absolute atomic E-state index is 5.30. The number of furan rings is 2. The zero-order valence-corrected chi connectivity index (χ0v) is 12.3. The molecule has 2 rings (SSSR count). The molecule has 0 aliphatic heterocycles. The summed E-state index contributed by atoms with van der Waals surface area (Å²) in [7, 11) is 0. The zero-order valence-electron chi connectivity index (χ0n) is 12.3. The van der Waals surface area contributed by atoms with Crippen molar-refractivity contribution in [3.8, 4) is 0 Å². The van der Waals surface area contributed by atoms with Gasteiger partial charge in [0, 0.05) is 19.5 Å². The SMILES string of the molecule is C=C(C)CNC(=NCc1ccco1)NCCc1ccco1. The van der Waals surface area contributed by atoms with Gasteiger partial charge < -0.3 is 19.5 Å². The van der Waals surface area contributed by atoms with Gasteiger partial charge in [0.1, 0.15) is 18.1 Å². The average Bonchev–Trinajstić information content (AvgIpc) is 3.14. The second-order valence-electron chi connectivity index (χ2n) is 4.81. The molecule has 0 unspecified atom stereocenters. The van der Waals surface area contributed by atoms with Crippen molar-refractivity contribution in [1.29, 1.82) is 0 Å². The molecule has 0 aromatic carbocycles. The normalized spacial score (nSPS) is 11.4. The Morgan fingerprint density at radius 3 is 2.48 bits per heavy atom. The van der Waals surface area contributed by atoms with Crippen LogP contribution < -0.4 is 10.6 Å². The van der Waals surface area contributed by atoms with E-state index in [-0.39, 0.29) is 0 Å². The highest BCUT2D eigenvalue weighted by Gasteiger charge is 2.01. The third kappa shape index (κ3) is 5.60. The first-order chi connectivity index (χ1) is 10.2. The van der Waals surface area contributed by atoms with Crippen molar-refractivity contribution >= 4 is 5.96 Å². The third-order valence-electron chi connectivity index (χ3n) is 2.77. The maximum Gasteiger partial charge on any atom is 0.191 e. The molecule has 0 saturated carbocycles. The van der Waals surface area contributed by atoms with E-state index in [4.69, 9.17) is 8.83 Å². The molecule has 2 heterocycles. The van der Waals surface area contributed by atoms with Gasteiger partial charge >= 0.3 is 0 Å². The Balaban J connectivity index is 1.84. The van der Waals surface area contributed by atoms with E-state index in [2.05, 4.69) is 22.2 Å². The average molecular weight is 287 g/mol. The van der Waals surface area contributed by atoms with Gasteiger partial charge in [-0.15, -0.1) is 0 Å². The topological polar surface area (TPSA) is 62.7 Å². The van der Waals surface area contributed by atoms with Crippen molar-refractivity contribution in [1.82, 2.24) is 10.6 Å². The van der Waals surface area contributed by atoms with Crippen molar-refractivity contribution in [3.05, 3.63) is 60.5 Å². The van der Waals surface area contributed by atoms with Gasteiger partial charge in [-0.1, -0.05) is 12.2 Å². The standard InChI is InChI=1S/C16H21N3O2/c1-13(2)11-18-16(19-12-15-6-4-10-21-15)17-8-7-14-5-3-9-20-14/h3-6,9-10H,1,7-8,11-12H2,2H3,(H2,17,18,19). The highest BCUT2D eigenvalue weighted by atomic mass is 16.3. The lowest BCUT2D eigenvalue weighted by Crippen LogP contribution is -2.39. The smallest absolute Gasteiger partial charge is 0.191 e. The summed E-state index contributed by atoms with van der Waals surface area (Å²) in [6.07, 6.45) is 4.14. The first-order valence-corrected chi connectivity index (χ1v) is 6.95. The van der Waals surface area contributed by atoms with Gasteiger partial charge in [-0.3, -0.25) is 0 Å². The highest BCUT2D eigenvalue weighted by Crippen LogP contribution is 2.02. The molecule has 0 amide bonds. The van der Waals surface area contributed by atoms with Crippen molar-refractivity contribution in [2.75, 3.05) is 13.1 Å². The van der Waals surface area contributed by atoms with Crippen molar-refractivity contribution < 1.29 is 8.83 Å². The van der Waals surface area contributed by atoms with Crippen LogP contribution in [-0.2, 0) is 13.0 Å². The molecular weight excluding hydrogens is 266 g/mol. The van der Waals surface area contributed by atoms with E-state index in [1.165, 1.54) is 0 Å². The summed E-state index contributed by atoms with van der Waals surface area (Å²) in [6.45, 7) is 7.78. The summed E-state index contributed by atoms with van der Waals surface area (Å²) >= 11 is 0. The van der Waals surface area contributed by atoms with Crippen LogP contribution in [0.25, 0.3) is 0 Å². The van der Waals surface area contributed by atoms with Crippen LogP contribution in [0.2, 0.25) is 0 Å². The van der Waals surface area contributed by atoms with Gasteiger partial charge in [-0.25, -0.2) is 4.99 Å². The molecule has 0 aliphatic carbocycles. The van der Waals surface area contributed by atoms with Crippen LogP contribution >= 0.6 is 0 Å². The summed E-state index contributed by atoms with van der Waals surface area (Å²) in [5.74, 6) is 2.52. The van der Waals surface area contributed by atoms with Crippen LogP contribution in [0.1, 0.15) is 18.4 Å². The fourth-order valence-corrected chi connectivity index (χ4v) is 1.73. The predicted molar refractivity (Wildman–Crippen MR) is 83.1 cm³/mol. The first kappa shape index (κ1) is 15.0. The van der Waals surface area contributed by atoms with Gasteiger partial charge in [0.2, 0.25) is 0 Å². The van der Waals surface area contributed by atoms with E-state index in [0.717, 1.165) is 36.0 Å². The number of hydrogen-bond donors (Lipinski definition) is 2. The monoisotopic (exact) mass is 287 g/mol. The summed E-state index contributed by atoms with van der Waals surface area (Å²) < 4.78 is 10.6. The third-order valence-corrected chi connectivity index (χ3v) is 2.77. The van der Waals surface area contributed by atoms with Crippen LogP contribution in [0.3, 0.4) is 0 Å². The lowest BCUT2D eigenvalue weighted by molar-refractivity contribution is 0.505. The molecule has 0 bridgehead atoms. The van der Waals surface area contributed by atoms with Gasteiger partial charge in [0.05, 0.1) is 12.5 Å². The molecule has 5 heteroatoms. The van der Waals surface area contributed by atoms with Gasteiger partial charge in [0.15, 0.2) is 5.96 Å². The molecule has 112 valence electrons. The number of rotatable bonds is 7. The van der Waals surface area contributed by atoms with Crippen molar-refractivity contribution in [2.45, 2.75) is 19.9 Å². The molecule has 2 N–H and O–H groups in total. The van der Waals surface area contributed by atoms with Crippen molar-refractivity contribution in [2.24, 2.45) is 4.99 Å². The number of nitrogens with one attached hydrogen (secondary N) is 2. The summed E-state index contributed by atoms with van der Waals surface area (Å²) in [5, 5.41) is 6.50. The molecular formula is C16H21N3O2. The Hall–Kier alpha value is -2.43. The quantitative estimate of drug-likeness (QED) is 0.467. The summed E-state index contributed by atoms with van der Waals surface area (Å²) in [4.78, 5) is 4.49. The molecule has 21 heavy (non-hydrogen) atoms. The van der Waals surface area contributed by atoms with Gasteiger partial charge in [-0.2, -0.15) is 0 Å². The van der Waals surface area contributed by atoms with Crippen LogP contribution in [0.4, 0.5) is 0 Å². The van der Waals surface area contributed by atoms with Crippen LogP contribution in [0, 0.1) is 0 Å². The molecule has 5 nitrogen and oxygen atoms in total. The minimum Gasteiger partial charge on any atom is -0.469 e. The van der Waals surface area contributed by atoms with Crippen LogP contribution in [0.5, 0.6) is 0 Å². The molecule has 2 aromatic rings.